The van der Waals surface area contributed by atoms with Gasteiger partial charge in [-0.2, -0.15) is 18.3 Å². The second-order valence-electron chi connectivity index (χ2n) is 4.84. The molecule has 0 bridgehead atoms. The number of nitrogens with zero attached hydrogens (tertiary/aromatic N) is 2. The minimum atomic E-state index is -4.47. The van der Waals surface area contributed by atoms with Crippen LogP contribution in [0.15, 0.2) is 41.6 Å². The van der Waals surface area contributed by atoms with E-state index >= 15 is 0 Å². The number of benzene rings is 1. The van der Waals surface area contributed by atoms with Gasteiger partial charge in [-0.3, -0.25) is 4.68 Å². The van der Waals surface area contributed by atoms with Gasteiger partial charge in [0.05, 0.1) is 17.9 Å². The minimum Gasteiger partial charge on any atom is -0.387 e. The predicted molar refractivity (Wildman–Crippen MR) is 74.8 cm³/mol. The van der Waals surface area contributed by atoms with E-state index in [1.807, 2.05) is 0 Å². The summed E-state index contributed by atoms with van der Waals surface area (Å²) in [5.41, 5.74) is -0.670. The number of aliphatic hydroxyl groups is 1. The molecule has 0 aliphatic heterocycles. The number of aromatic nitrogens is 2. The van der Waals surface area contributed by atoms with Crippen LogP contribution in [0.1, 0.15) is 17.2 Å². The smallest absolute Gasteiger partial charge is 0.387 e. The van der Waals surface area contributed by atoms with Crippen molar-refractivity contribution in [1.82, 2.24) is 14.5 Å². The predicted octanol–water partition coefficient (Wildman–Crippen LogP) is 1.45. The van der Waals surface area contributed by atoms with Crippen LogP contribution in [-0.4, -0.2) is 29.8 Å². The summed E-state index contributed by atoms with van der Waals surface area (Å²) in [5.74, 6) is 0. The van der Waals surface area contributed by atoms with Gasteiger partial charge in [-0.25, -0.2) is 13.1 Å². The van der Waals surface area contributed by atoms with E-state index in [9.17, 15) is 26.7 Å². The second-order valence-corrected chi connectivity index (χ2v) is 6.60. The van der Waals surface area contributed by atoms with E-state index in [-0.39, 0.29) is 17.0 Å². The third-order valence-corrected chi connectivity index (χ3v) is 4.46. The van der Waals surface area contributed by atoms with Crippen molar-refractivity contribution in [3.05, 3.63) is 47.8 Å². The van der Waals surface area contributed by atoms with Crippen LogP contribution < -0.4 is 4.72 Å². The Labute approximate surface area is 130 Å². The second kappa shape index (κ2) is 6.30. The van der Waals surface area contributed by atoms with Crippen molar-refractivity contribution < 1.29 is 26.7 Å². The lowest BCUT2D eigenvalue weighted by Crippen LogP contribution is -2.28. The van der Waals surface area contributed by atoms with Crippen molar-refractivity contribution in [2.24, 2.45) is 7.05 Å². The number of sulfonamides is 1. The lowest BCUT2D eigenvalue weighted by Gasteiger charge is -2.13. The zero-order valence-corrected chi connectivity index (χ0v) is 12.8. The molecule has 0 saturated heterocycles. The molecule has 0 spiro atoms. The molecule has 0 fully saturated rings. The average molecular weight is 349 g/mol. The highest BCUT2D eigenvalue weighted by Crippen LogP contribution is 2.29. The Bertz CT molecular complexity index is 770. The quantitative estimate of drug-likeness (QED) is 0.856. The lowest BCUT2D eigenvalue weighted by molar-refractivity contribution is -0.137. The molecule has 126 valence electrons. The highest BCUT2D eigenvalue weighted by atomic mass is 32.2. The molecular formula is C13H14F3N3O3S. The van der Waals surface area contributed by atoms with Gasteiger partial charge in [0, 0.05) is 19.8 Å². The minimum absolute atomic E-state index is 0.0698. The van der Waals surface area contributed by atoms with Crippen LogP contribution in [0.5, 0.6) is 0 Å². The molecule has 1 aromatic carbocycles. The first-order chi connectivity index (χ1) is 10.6. The molecule has 0 aliphatic carbocycles. The molecular weight excluding hydrogens is 335 g/mol. The normalized spacial score (nSPS) is 14.0. The van der Waals surface area contributed by atoms with Crippen LogP contribution in [0.25, 0.3) is 0 Å². The number of halogens is 3. The van der Waals surface area contributed by atoms with E-state index in [4.69, 9.17) is 0 Å². The first-order valence-electron chi connectivity index (χ1n) is 6.43. The third kappa shape index (κ3) is 4.30. The Hall–Kier alpha value is -1.91. The van der Waals surface area contributed by atoms with E-state index in [0.29, 0.717) is 0 Å². The van der Waals surface area contributed by atoms with Gasteiger partial charge < -0.3 is 5.11 Å². The summed E-state index contributed by atoms with van der Waals surface area (Å²) in [5, 5.41) is 13.6. The molecule has 0 amide bonds. The number of aliphatic hydroxyl groups excluding tert-OH is 1. The van der Waals surface area contributed by atoms with E-state index in [0.717, 1.165) is 30.5 Å². The van der Waals surface area contributed by atoms with E-state index in [2.05, 4.69) is 9.82 Å². The fraction of sp³-hybridized carbons (Fsp3) is 0.308. The van der Waals surface area contributed by atoms with E-state index in [1.54, 1.807) is 7.05 Å². The van der Waals surface area contributed by atoms with Crippen molar-refractivity contribution in [3.63, 3.8) is 0 Å². The summed E-state index contributed by atoms with van der Waals surface area (Å²) in [4.78, 5) is -0.0698. The number of nitrogens with one attached hydrogen (secondary N) is 1. The zero-order valence-electron chi connectivity index (χ0n) is 11.9. The monoisotopic (exact) mass is 349 g/mol. The van der Waals surface area contributed by atoms with Crippen molar-refractivity contribution >= 4 is 10.0 Å². The van der Waals surface area contributed by atoms with Gasteiger partial charge in [-0.1, -0.05) is 12.1 Å². The zero-order chi connectivity index (χ0) is 17.3. The van der Waals surface area contributed by atoms with Gasteiger partial charge in [-0.15, -0.1) is 0 Å². The van der Waals surface area contributed by atoms with Gasteiger partial charge in [0.2, 0.25) is 10.0 Å². The highest BCUT2D eigenvalue weighted by molar-refractivity contribution is 7.89. The van der Waals surface area contributed by atoms with Gasteiger partial charge in [0.1, 0.15) is 4.90 Å². The summed E-state index contributed by atoms with van der Waals surface area (Å²) >= 11 is 0. The Morgan fingerprint density at radius 3 is 2.39 bits per heavy atom. The van der Waals surface area contributed by atoms with Crippen molar-refractivity contribution in [3.8, 4) is 0 Å². The van der Waals surface area contributed by atoms with Crippen molar-refractivity contribution in [2.75, 3.05) is 6.54 Å². The molecule has 6 nitrogen and oxygen atoms in total. The molecule has 1 aromatic heterocycles. The Balaban J connectivity index is 2.03. The van der Waals surface area contributed by atoms with Crippen LogP contribution in [0.2, 0.25) is 0 Å². The summed E-state index contributed by atoms with van der Waals surface area (Å²) < 4.78 is 64.7. The molecule has 1 unspecified atom stereocenters. The number of hydrogen-bond donors (Lipinski definition) is 2. The first kappa shape index (κ1) is 17.4. The molecule has 2 N–H and O–H groups in total. The number of aryl methyl sites for hydroxylation is 1. The fourth-order valence-corrected chi connectivity index (χ4v) is 2.84. The summed E-state index contributed by atoms with van der Waals surface area (Å²) in [7, 11) is -2.30. The topological polar surface area (TPSA) is 84.2 Å². The van der Waals surface area contributed by atoms with Gasteiger partial charge in [-0.05, 0) is 17.7 Å². The Morgan fingerprint density at radius 2 is 1.91 bits per heavy atom. The van der Waals surface area contributed by atoms with Crippen LogP contribution in [0.3, 0.4) is 0 Å². The summed E-state index contributed by atoms with van der Waals surface area (Å²) in [6.07, 6.45) is -3.31. The van der Waals surface area contributed by atoms with Crippen LogP contribution in [0.4, 0.5) is 13.2 Å². The SMILES string of the molecule is Cn1cc(S(=O)(=O)NCC(O)c2ccc(C(F)(F)F)cc2)cn1. The fourth-order valence-electron chi connectivity index (χ4n) is 1.82. The molecule has 2 aromatic rings. The molecule has 23 heavy (non-hydrogen) atoms. The van der Waals surface area contributed by atoms with Crippen molar-refractivity contribution in [1.29, 1.82) is 0 Å². The summed E-state index contributed by atoms with van der Waals surface area (Å²) in [6.45, 7) is -0.372. The van der Waals surface area contributed by atoms with Gasteiger partial charge in [0.25, 0.3) is 0 Å². The molecule has 0 radical (unpaired) electrons. The van der Waals surface area contributed by atoms with Crippen LogP contribution >= 0.6 is 0 Å². The summed E-state index contributed by atoms with van der Waals surface area (Å²) in [6, 6.07) is 3.86. The molecule has 1 atom stereocenters. The standard InChI is InChI=1S/C13H14F3N3O3S/c1-19-8-11(6-17-19)23(21,22)18-7-12(20)9-2-4-10(5-3-9)13(14,15)16/h2-6,8,12,18,20H,7H2,1H3. The van der Waals surface area contributed by atoms with E-state index < -0.39 is 27.9 Å². The van der Waals surface area contributed by atoms with E-state index in [1.165, 1.54) is 10.9 Å². The molecule has 0 aliphatic rings. The molecule has 0 saturated carbocycles. The lowest BCUT2D eigenvalue weighted by atomic mass is 10.1. The van der Waals surface area contributed by atoms with Gasteiger partial charge >= 0.3 is 6.18 Å². The molecule has 10 heteroatoms. The van der Waals surface area contributed by atoms with Crippen LogP contribution in [0, 0.1) is 0 Å². The maximum absolute atomic E-state index is 12.5. The highest BCUT2D eigenvalue weighted by Gasteiger charge is 2.30. The molecule has 2 rings (SSSR count). The number of alkyl halides is 3. The maximum atomic E-state index is 12.5. The maximum Gasteiger partial charge on any atom is 0.416 e. The van der Waals surface area contributed by atoms with Crippen LogP contribution in [-0.2, 0) is 23.2 Å². The first-order valence-corrected chi connectivity index (χ1v) is 7.91. The van der Waals surface area contributed by atoms with Gasteiger partial charge in [0.15, 0.2) is 0 Å². The number of rotatable bonds is 5. The largest absolute Gasteiger partial charge is 0.416 e. The Kier molecular flexibility index (Phi) is 4.78. The molecule has 1 heterocycles. The number of hydrogen-bond acceptors (Lipinski definition) is 4. The average Bonchev–Trinajstić information content (AvgIpc) is 2.91. The Morgan fingerprint density at radius 1 is 1.30 bits per heavy atom. The third-order valence-electron chi connectivity index (χ3n) is 3.08. The van der Waals surface area contributed by atoms with Crippen molar-refractivity contribution in [2.45, 2.75) is 17.2 Å².